The van der Waals surface area contributed by atoms with E-state index in [1.165, 1.54) is 0 Å². The number of anilines is 1. The van der Waals surface area contributed by atoms with Crippen LogP contribution in [0, 0.1) is 5.92 Å². The quantitative estimate of drug-likeness (QED) is 0.805. The Morgan fingerprint density at radius 3 is 3.19 bits per heavy atom. The minimum Gasteiger partial charge on any atom is -0.383 e. The summed E-state index contributed by atoms with van der Waals surface area (Å²) in [6, 6.07) is 4.25. The normalized spacial score (nSPS) is 22.2. The summed E-state index contributed by atoms with van der Waals surface area (Å²) < 4.78 is 5.39. The van der Waals surface area contributed by atoms with Gasteiger partial charge in [0.2, 0.25) is 0 Å². The molecule has 0 radical (unpaired) electrons. The highest BCUT2D eigenvalue weighted by atomic mass is 16.5. The molecule has 1 aromatic rings. The molecule has 3 N–H and O–H groups in total. The molecule has 1 saturated heterocycles. The maximum Gasteiger partial charge on any atom is 0.128 e. The van der Waals surface area contributed by atoms with Crippen LogP contribution in [0.5, 0.6) is 0 Å². The van der Waals surface area contributed by atoms with Crippen molar-refractivity contribution in [3.8, 4) is 0 Å². The third-order valence-corrected chi connectivity index (χ3v) is 3.19. The molecule has 1 aliphatic rings. The summed E-state index contributed by atoms with van der Waals surface area (Å²) in [4.78, 5) is 4.13. The largest absolute Gasteiger partial charge is 0.383 e. The molecule has 0 amide bonds. The van der Waals surface area contributed by atoms with Crippen LogP contribution in [0.25, 0.3) is 0 Å². The van der Waals surface area contributed by atoms with Gasteiger partial charge in [-0.1, -0.05) is 6.07 Å². The molecule has 2 rings (SSSR count). The Morgan fingerprint density at radius 1 is 1.69 bits per heavy atom. The van der Waals surface area contributed by atoms with Crippen LogP contribution in [0.1, 0.15) is 24.4 Å². The van der Waals surface area contributed by atoms with Crippen LogP contribution >= 0.6 is 0 Å². The standard InChI is InChI=1S/C12H19N3O/c1-14-11(7-9-4-6-16-8-9)10-3-2-5-15-12(10)13/h2-3,5,9,11,14H,4,6-8H2,1H3,(H2,13,15). The first-order valence-electron chi connectivity index (χ1n) is 5.76. The Kier molecular flexibility index (Phi) is 3.74. The molecule has 2 atom stereocenters. The van der Waals surface area contributed by atoms with Gasteiger partial charge in [-0.15, -0.1) is 0 Å². The van der Waals surface area contributed by atoms with Crippen molar-refractivity contribution in [1.29, 1.82) is 0 Å². The zero-order valence-corrected chi connectivity index (χ0v) is 9.65. The van der Waals surface area contributed by atoms with Crippen LogP contribution in [0.2, 0.25) is 0 Å². The number of hydrogen-bond acceptors (Lipinski definition) is 4. The third kappa shape index (κ3) is 2.51. The molecule has 0 bridgehead atoms. The van der Waals surface area contributed by atoms with Crippen LogP contribution in [-0.2, 0) is 4.74 Å². The van der Waals surface area contributed by atoms with Gasteiger partial charge in [-0.3, -0.25) is 0 Å². The molecule has 0 spiro atoms. The molecule has 4 nitrogen and oxygen atoms in total. The SMILES string of the molecule is CNC(CC1CCOC1)c1cccnc1N. The first-order valence-corrected chi connectivity index (χ1v) is 5.76. The predicted molar refractivity (Wildman–Crippen MR) is 64.0 cm³/mol. The Labute approximate surface area is 96.2 Å². The lowest BCUT2D eigenvalue weighted by Crippen LogP contribution is -2.21. The Hall–Kier alpha value is -1.13. The number of nitrogens with one attached hydrogen (secondary N) is 1. The topological polar surface area (TPSA) is 60.2 Å². The van der Waals surface area contributed by atoms with Gasteiger partial charge in [-0.05, 0) is 31.9 Å². The highest BCUT2D eigenvalue weighted by molar-refractivity contribution is 5.40. The van der Waals surface area contributed by atoms with Crippen LogP contribution in [0.4, 0.5) is 5.82 Å². The highest BCUT2D eigenvalue weighted by Crippen LogP contribution is 2.28. The van der Waals surface area contributed by atoms with Gasteiger partial charge in [0, 0.05) is 31.0 Å². The molecule has 2 unspecified atom stereocenters. The number of nitrogens with two attached hydrogens (primary N) is 1. The lowest BCUT2D eigenvalue weighted by atomic mass is 9.94. The number of rotatable bonds is 4. The monoisotopic (exact) mass is 221 g/mol. The molecule has 4 heteroatoms. The zero-order chi connectivity index (χ0) is 11.4. The van der Waals surface area contributed by atoms with Crippen molar-refractivity contribution in [2.24, 2.45) is 5.92 Å². The Balaban J connectivity index is 2.06. The van der Waals surface area contributed by atoms with Crippen molar-refractivity contribution in [2.75, 3.05) is 26.0 Å². The lowest BCUT2D eigenvalue weighted by Gasteiger charge is -2.20. The summed E-state index contributed by atoms with van der Waals surface area (Å²) in [5.74, 6) is 1.26. The minimum absolute atomic E-state index is 0.278. The first-order chi connectivity index (χ1) is 7.81. The fourth-order valence-corrected chi connectivity index (χ4v) is 2.23. The number of hydrogen-bond donors (Lipinski definition) is 2. The number of pyridine rings is 1. The summed E-state index contributed by atoms with van der Waals surface area (Å²) in [5.41, 5.74) is 6.98. The Morgan fingerprint density at radius 2 is 2.56 bits per heavy atom. The van der Waals surface area contributed by atoms with E-state index in [2.05, 4.69) is 10.3 Å². The van der Waals surface area contributed by atoms with Crippen molar-refractivity contribution in [1.82, 2.24) is 10.3 Å². The van der Waals surface area contributed by atoms with E-state index >= 15 is 0 Å². The van der Waals surface area contributed by atoms with Crippen LogP contribution < -0.4 is 11.1 Å². The van der Waals surface area contributed by atoms with Crippen molar-refractivity contribution in [2.45, 2.75) is 18.9 Å². The van der Waals surface area contributed by atoms with Gasteiger partial charge in [-0.25, -0.2) is 4.98 Å². The maximum atomic E-state index is 5.89. The van der Waals surface area contributed by atoms with Gasteiger partial charge in [0.1, 0.15) is 5.82 Å². The molecular weight excluding hydrogens is 202 g/mol. The highest BCUT2D eigenvalue weighted by Gasteiger charge is 2.22. The molecule has 0 aliphatic carbocycles. The fourth-order valence-electron chi connectivity index (χ4n) is 2.23. The van der Waals surface area contributed by atoms with Crippen molar-refractivity contribution in [3.05, 3.63) is 23.9 Å². The van der Waals surface area contributed by atoms with Gasteiger partial charge < -0.3 is 15.8 Å². The smallest absolute Gasteiger partial charge is 0.128 e. The van der Waals surface area contributed by atoms with Gasteiger partial charge in [0.25, 0.3) is 0 Å². The summed E-state index contributed by atoms with van der Waals surface area (Å²) in [6.07, 6.45) is 3.94. The lowest BCUT2D eigenvalue weighted by molar-refractivity contribution is 0.181. The maximum absolute atomic E-state index is 5.89. The van der Waals surface area contributed by atoms with E-state index in [1.54, 1.807) is 6.20 Å². The number of ether oxygens (including phenoxy) is 1. The van der Waals surface area contributed by atoms with Crippen molar-refractivity contribution in [3.63, 3.8) is 0 Å². The van der Waals surface area contributed by atoms with E-state index in [1.807, 2.05) is 19.2 Å². The third-order valence-electron chi connectivity index (χ3n) is 3.19. The average molecular weight is 221 g/mol. The molecule has 88 valence electrons. The molecule has 0 aromatic carbocycles. The first kappa shape index (κ1) is 11.4. The molecule has 2 heterocycles. The van der Waals surface area contributed by atoms with Gasteiger partial charge in [-0.2, -0.15) is 0 Å². The summed E-state index contributed by atoms with van der Waals surface area (Å²) in [7, 11) is 1.97. The van der Waals surface area contributed by atoms with Gasteiger partial charge in [0.05, 0.1) is 0 Å². The average Bonchev–Trinajstić information content (AvgIpc) is 2.80. The summed E-state index contributed by atoms with van der Waals surface area (Å²) >= 11 is 0. The number of nitrogen functional groups attached to an aromatic ring is 1. The summed E-state index contributed by atoms with van der Waals surface area (Å²) in [5, 5.41) is 3.31. The fraction of sp³-hybridized carbons (Fsp3) is 0.583. The van der Waals surface area contributed by atoms with Crippen LogP contribution in [0.15, 0.2) is 18.3 Å². The second kappa shape index (κ2) is 5.27. The second-order valence-corrected chi connectivity index (χ2v) is 4.28. The zero-order valence-electron chi connectivity index (χ0n) is 9.65. The molecule has 1 aliphatic heterocycles. The van der Waals surface area contributed by atoms with Crippen molar-refractivity contribution >= 4 is 5.82 Å². The van der Waals surface area contributed by atoms with E-state index in [0.717, 1.165) is 31.6 Å². The molecule has 16 heavy (non-hydrogen) atoms. The summed E-state index contributed by atoms with van der Waals surface area (Å²) in [6.45, 7) is 1.77. The number of aromatic nitrogens is 1. The van der Waals surface area contributed by atoms with E-state index in [9.17, 15) is 0 Å². The Bertz CT molecular complexity index is 337. The predicted octanol–water partition coefficient (Wildman–Crippen LogP) is 1.35. The van der Waals surface area contributed by atoms with E-state index in [0.29, 0.717) is 11.7 Å². The van der Waals surface area contributed by atoms with Crippen LogP contribution in [-0.4, -0.2) is 25.2 Å². The molecule has 1 aromatic heterocycles. The van der Waals surface area contributed by atoms with Gasteiger partial charge in [0.15, 0.2) is 0 Å². The number of nitrogens with zero attached hydrogens (tertiary/aromatic N) is 1. The minimum atomic E-state index is 0.278. The van der Waals surface area contributed by atoms with E-state index < -0.39 is 0 Å². The van der Waals surface area contributed by atoms with E-state index in [4.69, 9.17) is 10.5 Å². The van der Waals surface area contributed by atoms with Gasteiger partial charge >= 0.3 is 0 Å². The second-order valence-electron chi connectivity index (χ2n) is 4.28. The molecular formula is C12H19N3O. The van der Waals surface area contributed by atoms with Crippen LogP contribution in [0.3, 0.4) is 0 Å². The molecule has 1 fully saturated rings. The van der Waals surface area contributed by atoms with E-state index in [-0.39, 0.29) is 6.04 Å². The van der Waals surface area contributed by atoms with Crippen molar-refractivity contribution < 1.29 is 4.74 Å². The molecule has 0 saturated carbocycles.